The molecule has 1 fully saturated rings. The first-order valence-electron chi connectivity index (χ1n) is 10.6. The van der Waals surface area contributed by atoms with Crippen molar-refractivity contribution in [2.24, 2.45) is 5.18 Å². The summed E-state index contributed by atoms with van der Waals surface area (Å²) in [5.74, 6) is -0.963. The monoisotopic (exact) mass is 434 g/mol. The van der Waals surface area contributed by atoms with Crippen molar-refractivity contribution in [3.05, 3.63) is 76.6 Å². The van der Waals surface area contributed by atoms with Crippen molar-refractivity contribution in [2.75, 3.05) is 0 Å². The van der Waals surface area contributed by atoms with E-state index in [0.717, 1.165) is 46.1 Å². The van der Waals surface area contributed by atoms with Gasteiger partial charge in [-0.15, -0.1) is 4.91 Å². The molecule has 3 aromatic rings. The third-order valence-corrected chi connectivity index (χ3v) is 5.57. The van der Waals surface area contributed by atoms with Gasteiger partial charge < -0.3 is 10.2 Å². The van der Waals surface area contributed by atoms with Gasteiger partial charge in [0.05, 0.1) is 29.8 Å². The molecule has 1 saturated carbocycles. The van der Waals surface area contributed by atoms with Gasteiger partial charge in [-0.3, -0.25) is 9.78 Å². The van der Waals surface area contributed by atoms with Crippen LogP contribution < -0.4 is 0 Å². The molecular weight excluding hydrogens is 411 g/mol. The number of hydrogen-bond acceptors (Lipinski definition) is 5. The van der Waals surface area contributed by atoms with Crippen LogP contribution in [0.4, 0.5) is 4.39 Å². The molecule has 6 nitrogen and oxygen atoms in total. The fourth-order valence-electron chi connectivity index (χ4n) is 3.90. The van der Waals surface area contributed by atoms with Gasteiger partial charge in [0.1, 0.15) is 5.82 Å². The molecule has 1 heterocycles. The number of nitroso groups, excluding NO2 is 1. The van der Waals surface area contributed by atoms with Crippen molar-refractivity contribution >= 4 is 22.9 Å². The van der Waals surface area contributed by atoms with E-state index in [0.29, 0.717) is 5.92 Å². The minimum atomic E-state index is -1.17. The van der Waals surface area contributed by atoms with E-state index >= 15 is 0 Å². The molecule has 4 rings (SSSR count). The molecule has 0 bridgehead atoms. The Morgan fingerprint density at radius 2 is 1.88 bits per heavy atom. The summed E-state index contributed by atoms with van der Waals surface area (Å²) >= 11 is 0. The highest BCUT2D eigenvalue weighted by molar-refractivity contribution is 5.99. The number of fused-ring (bicyclic) bond motifs is 1. The predicted molar refractivity (Wildman–Crippen MR) is 120 cm³/mol. The third kappa shape index (κ3) is 4.95. The van der Waals surface area contributed by atoms with Crippen LogP contribution in [0.2, 0.25) is 0 Å². The van der Waals surface area contributed by atoms with E-state index in [-0.39, 0.29) is 12.2 Å². The lowest BCUT2D eigenvalue weighted by Gasteiger charge is -2.16. The molecule has 0 saturated heterocycles. The molecule has 164 valence electrons. The molecule has 2 aromatic carbocycles. The Bertz CT molecular complexity index is 1170. The first kappa shape index (κ1) is 21.9. The topological polar surface area (TPSA) is 99.9 Å². The number of rotatable bonds is 8. The number of aliphatic hydroxyl groups excluding tert-OH is 2. The molecule has 1 aliphatic carbocycles. The van der Waals surface area contributed by atoms with Crippen LogP contribution in [0.25, 0.3) is 28.1 Å². The molecule has 0 radical (unpaired) electrons. The zero-order chi connectivity index (χ0) is 22.7. The summed E-state index contributed by atoms with van der Waals surface area (Å²) in [6.07, 6.45) is 2.63. The lowest BCUT2D eigenvalue weighted by molar-refractivity contribution is -0.120. The van der Waals surface area contributed by atoms with Gasteiger partial charge in [0.2, 0.25) is 0 Å². The van der Waals surface area contributed by atoms with E-state index < -0.39 is 24.5 Å². The maximum atomic E-state index is 13.6. The first-order valence-corrected chi connectivity index (χ1v) is 10.6. The van der Waals surface area contributed by atoms with E-state index in [1.165, 1.54) is 12.1 Å². The molecule has 0 aliphatic heterocycles. The van der Waals surface area contributed by atoms with Crippen LogP contribution >= 0.6 is 0 Å². The molecule has 2 unspecified atom stereocenters. The van der Waals surface area contributed by atoms with Crippen molar-refractivity contribution < 1.29 is 19.4 Å². The van der Waals surface area contributed by atoms with Gasteiger partial charge in [-0.2, -0.15) is 0 Å². The number of amides is 1. The Hall–Kier alpha value is -3.29. The molecular formula is C25H23FN2O4. The van der Waals surface area contributed by atoms with Crippen LogP contribution in [-0.2, 0) is 4.79 Å². The number of hydrogen-bond donors (Lipinski definition) is 2. The number of carbonyl (C=O) groups is 1. The Balaban J connectivity index is 1.75. The van der Waals surface area contributed by atoms with Gasteiger partial charge in [0.15, 0.2) is 0 Å². The number of carbonyl (C=O) groups excluding carboxylic acids is 1. The molecule has 1 amide bonds. The quantitative estimate of drug-likeness (QED) is 0.500. The molecule has 7 heteroatoms. The number of para-hydroxylation sites is 1. The zero-order valence-electron chi connectivity index (χ0n) is 17.3. The van der Waals surface area contributed by atoms with E-state index in [9.17, 15) is 24.3 Å². The summed E-state index contributed by atoms with van der Waals surface area (Å²) < 4.78 is 13.6. The maximum Gasteiger partial charge on any atom is 0.288 e. The lowest BCUT2D eigenvalue weighted by atomic mass is 9.92. The summed E-state index contributed by atoms with van der Waals surface area (Å²) in [5, 5.41) is 23.5. The highest BCUT2D eigenvalue weighted by Gasteiger charge is 2.29. The minimum Gasteiger partial charge on any atom is -0.392 e. The van der Waals surface area contributed by atoms with E-state index in [1.54, 1.807) is 24.3 Å². The molecule has 1 aliphatic rings. The smallest absolute Gasteiger partial charge is 0.288 e. The Labute approximate surface area is 184 Å². The van der Waals surface area contributed by atoms with Gasteiger partial charge >= 0.3 is 0 Å². The van der Waals surface area contributed by atoms with Crippen LogP contribution in [0.3, 0.4) is 0 Å². The maximum absolute atomic E-state index is 13.6. The van der Waals surface area contributed by atoms with Crippen LogP contribution in [0.5, 0.6) is 0 Å². The van der Waals surface area contributed by atoms with Crippen molar-refractivity contribution in [1.29, 1.82) is 0 Å². The van der Waals surface area contributed by atoms with Crippen LogP contribution in [0.15, 0.2) is 59.8 Å². The highest BCUT2D eigenvalue weighted by Crippen LogP contribution is 2.45. The fourth-order valence-corrected chi connectivity index (χ4v) is 3.90. The van der Waals surface area contributed by atoms with Gasteiger partial charge in [-0.25, -0.2) is 4.39 Å². The van der Waals surface area contributed by atoms with Crippen LogP contribution in [-0.4, -0.2) is 33.3 Å². The predicted octanol–water partition coefficient (Wildman–Crippen LogP) is 4.73. The molecule has 0 spiro atoms. The fraction of sp³-hybridized carbons (Fsp3) is 0.280. The summed E-state index contributed by atoms with van der Waals surface area (Å²) in [6, 6.07) is 14.0. The molecule has 32 heavy (non-hydrogen) atoms. The summed E-state index contributed by atoms with van der Waals surface area (Å²) in [6.45, 7) is 0. The van der Waals surface area contributed by atoms with Gasteiger partial charge in [0.25, 0.3) is 5.91 Å². The third-order valence-electron chi connectivity index (χ3n) is 5.57. The number of aliphatic hydroxyl groups is 2. The zero-order valence-corrected chi connectivity index (χ0v) is 17.3. The number of benzene rings is 2. The first-order chi connectivity index (χ1) is 15.5. The average Bonchev–Trinajstić information content (AvgIpc) is 3.62. The SMILES string of the molecule is O=NC(=O)CC(O)CC(O)/C=C/c1c(C2CC2)nc2ccccc2c1-c1ccc(F)cc1. The summed E-state index contributed by atoms with van der Waals surface area (Å²) in [4.78, 5) is 26.2. The standard InChI is InChI=1S/C25H23FN2O4/c26-17-9-7-15(8-10-17)24-20-3-1-2-4-22(20)27-25(16-5-6-16)21(24)12-11-18(29)13-19(30)14-23(31)28-32/h1-4,7-12,16,18-19,29-30H,5-6,13-14H2/b12-11+. The number of pyridine rings is 1. The van der Waals surface area contributed by atoms with Gasteiger partial charge in [0, 0.05) is 34.0 Å². The second-order valence-corrected chi connectivity index (χ2v) is 8.09. The number of halogens is 1. The largest absolute Gasteiger partial charge is 0.392 e. The van der Waals surface area contributed by atoms with E-state index in [1.807, 2.05) is 24.3 Å². The van der Waals surface area contributed by atoms with Crippen LogP contribution in [0.1, 0.15) is 42.9 Å². The highest BCUT2D eigenvalue weighted by atomic mass is 19.1. The van der Waals surface area contributed by atoms with Gasteiger partial charge in [-0.05, 0) is 36.6 Å². The molecule has 1 aromatic heterocycles. The summed E-state index contributed by atoms with van der Waals surface area (Å²) in [5.41, 5.74) is 4.36. The van der Waals surface area contributed by atoms with E-state index in [4.69, 9.17) is 4.98 Å². The van der Waals surface area contributed by atoms with Crippen molar-refractivity contribution in [1.82, 2.24) is 4.98 Å². The Morgan fingerprint density at radius 1 is 1.16 bits per heavy atom. The average molecular weight is 434 g/mol. The minimum absolute atomic E-state index is 0.108. The Kier molecular flexibility index (Phi) is 6.48. The second-order valence-electron chi connectivity index (χ2n) is 8.09. The number of nitrogens with zero attached hydrogens (tertiary/aromatic N) is 2. The van der Waals surface area contributed by atoms with Crippen LogP contribution in [0, 0.1) is 10.7 Å². The normalized spacial score (nSPS) is 15.7. The molecule has 2 N–H and O–H groups in total. The summed E-state index contributed by atoms with van der Waals surface area (Å²) in [7, 11) is 0. The number of aromatic nitrogens is 1. The lowest BCUT2D eigenvalue weighted by Crippen LogP contribution is -2.18. The van der Waals surface area contributed by atoms with Crippen molar-refractivity contribution in [3.63, 3.8) is 0 Å². The van der Waals surface area contributed by atoms with Gasteiger partial charge in [-0.1, -0.05) is 42.5 Å². The Morgan fingerprint density at radius 3 is 2.56 bits per heavy atom. The van der Waals surface area contributed by atoms with Crippen molar-refractivity contribution in [2.45, 2.75) is 43.8 Å². The second kappa shape index (κ2) is 9.46. The molecule has 2 atom stereocenters. The van der Waals surface area contributed by atoms with E-state index in [2.05, 4.69) is 5.18 Å². The van der Waals surface area contributed by atoms with Crippen molar-refractivity contribution in [3.8, 4) is 11.1 Å².